The van der Waals surface area contributed by atoms with Crippen LogP contribution in [0.5, 0.6) is 0 Å². The number of hydrogen-bond acceptors (Lipinski definition) is 3. The monoisotopic (exact) mass is 227 g/mol. The van der Waals surface area contributed by atoms with Gasteiger partial charge in [0.15, 0.2) is 0 Å². The van der Waals surface area contributed by atoms with Gasteiger partial charge in [0, 0.05) is 11.9 Å². The Hall–Kier alpha value is -2.23. The van der Waals surface area contributed by atoms with Crippen LogP contribution >= 0.6 is 0 Å². The smallest absolute Gasteiger partial charge is 0.275 e. The van der Waals surface area contributed by atoms with Gasteiger partial charge >= 0.3 is 0 Å². The van der Waals surface area contributed by atoms with Crippen molar-refractivity contribution in [3.05, 3.63) is 53.6 Å². The third-order valence-corrected chi connectivity index (χ3v) is 2.29. The van der Waals surface area contributed by atoms with Crippen molar-refractivity contribution in [1.29, 1.82) is 0 Å². The number of amides is 1. The highest BCUT2D eigenvalue weighted by atomic mass is 16.1. The lowest BCUT2D eigenvalue weighted by Gasteiger charge is -2.05. The molecule has 1 aromatic heterocycles. The molecule has 0 fully saturated rings. The van der Waals surface area contributed by atoms with Crippen LogP contribution in [0.3, 0.4) is 0 Å². The van der Waals surface area contributed by atoms with Crippen LogP contribution < -0.4 is 5.32 Å². The van der Waals surface area contributed by atoms with E-state index in [-0.39, 0.29) is 5.91 Å². The number of carbonyl (C=O) groups excluding carboxylic acids is 1. The molecule has 0 saturated heterocycles. The molecule has 0 aliphatic rings. The van der Waals surface area contributed by atoms with Crippen LogP contribution in [0.4, 0.5) is 5.69 Å². The topological polar surface area (TPSA) is 54.9 Å². The van der Waals surface area contributed by atoms with Crippen LogP contribution in [0, 0.1) is 13.8 Å². The lowest BCUT2D eigenvalue weighted by molar-refractivity contribution is 0.102. The van der Waals surface area contributed by atoms with Gasteiger partial charge in [0.25, 0.3) is 5.91 Å². The van der Waals surface area contributed by atoms with Crippen molar-refractivity contribution in [3.63, 3.8) is 0 Å². The standard InChI is InChI=1S/C13H13N3O/c1-9-4-3-5-11(6-9)16-13(17)12-8-14-10(2)7-15-12/h3-8H,1-2H3,(H,16,17). The van der Waals surface area contributed by atoms with Gasteiger partial charge in [-0.05, 0) is 31.5 Å². The van der Waals surface area contributed by atoms with Gasteiger partial charge in [0.05, 0.1) is 11.9 Å². The summed E-state index contributed by atoms with van der Waals surface area (Å²) in [7, 11) is 0. The zero-order chi connectivity index (χ0) is 12.3. The lowest BCUT2D eigenvalue weighted by Crippen LogP contribution is -2.14. The molecule has 1 aromatic carbocycles. The average molecular weight is 227 g/mol. The van der Waals surface area contributed by atoms with Crippen molar-refractivity contribution >= 4 is 11.6 Å². The van der Waals surface area contributed by atoms with Gasteiger partial charge in [-0.1, -0.05) is 12.1 Å². The molecule has 2 rings (SSSR count). The van der Waals surface area contributed by atoms with Crippen LogP contribution in [0.25, 0.3) is 0 Å². The van der Waals surface area contributed by atoms with E-state index in [0.29, 0.717) is 5.69 Å². The van der Waals surface area contributed by atoms with Crippen molar-refractivity contribution in [2.45, 2.75) is 13.8 Å². The number of benzene rings is 1. The second-order valence-electron chi connectivity index (χ2n) is 3.87. The molecule has 1 N–H and O–H groups in total. The molecular formula is C13H13N3O. The number of anilines is 1. The third kappa shape index (κ3) is 2.87. The van der Waals surface area contributed by atoms with E-state index in [1.165, 1.54) is 6.20 Å². The van der Waals surface area contributed by atoms with E-state index in [2.05, 4.69) is 15.3 Å². The predicted molar refractivity (Wildman–Crippen MR) is 65.9 cm³/mol. The minimum atomic E-state index is -0.247. The molecule has 0 atom stereocenters. The average Bonchev–Trinajstić information content (AvgIpc) is 2.29. The van der Waals surface area contributed by atoms with Gasteiger partial charge < -0.3 is 5.32 Å². The molecular weight excluding hydrogens is 214 g/mol. The first-order valence-corrected chi connectivity index (χ1v) is 5.32. The zero-order valence-electron chi connectivity index (χ0n) is 9.77. The summed E-state index contributed by atoms with van der Waals surface area (Å²) in [5.41, 5.74) is 2.96. The Balaban J connectivity index is 2.14. The van der Waals surface area contributed by atoms with E-state index in [4.69, 9.17) is 0 Å². The van der Waals surface area contributed by atoms with Crippen molar-refractivity contribution in [2.75, 3.05) is 5.32 Å². The molecule has 0 aliphatic heterocycles. The molecule has 0 aliphatic carbocycles. The Labute approximate surface area is 99.7 Å². The normalized spacial score (nSPS) is 10.0. The fourth-order valence-corrected chi connectivity index (χ4v) is 1.43. The van der Waals surface area contributed by atoms with E-state index in [0.717, 1.165) is 16.9 Å². The Morgan fingerprint density at radius 3 is 2.65 bits per heavy atom. The third-order valence-electron chi connectivity index (χ3n) is 2.29. The molecule has 0 saturated carbocycles. The Morgan fingerprint density at radius 2 is 2.00 bits per heavy atom. The van der Waals surface area contributed by atoms with E-state index in [1.807, 2.05) is 38.1 Å². The van der Waals surface area contributed by atoms with Crippen molar-refractivity contribution in [2.24, 2.45) is 0 Å². The maximum absolute atomic E-state index is 11.8. The first-order chi connectivity index (χ1) is 8.15. The fraction of sp³-hybridized carbons (Fsp3) is 0.154. The number of aryl methyl sites for hydroxylation is 2. The van der Waals surface area contributed by atoms with Gasteiger partial charge in [0.1, 0.15) is 5.69 Å². The summed E-state index contributed by atoms with van der Waals surface area (Å²) in [5.74, 6) is -0.247. The molecule has 1 heterocycles. The number of rotatable bonds is 2. The van der Waals surface area contributed by atoms with Crippen molar-refractivity contribution < 1.29 is 4.79 Å². The van der Waals surface area contributed by atoms with Gasteiger partial charge in [0.2, 0.25) is 0 Å². The molecule has 4 heteroatoms. The van der Waals surface area contributed by atoms with E-state index in [9.17, 15) is 4.79 Å². The highest BCUT2D eigenvalue weighted by Gasteiger charge is 2.07. The molecule has 2 aromatic rings. The van der Waals surface area contributed by atoms with Crippen LogP contribution in [0.15, 0.2) is 36.7 Å². The summed E-state index contributed by atoms with van der Waals surface area (Å²) in [6.45, 7) is 3.80. The predicted octanol–water partition coefficient (Wildman–Crippen LogP) is 2.35. The molecule has 86 valence electrons. The highest BCUT2D eigenvalue weighted by Crippen LogP contribution is 2.10. The van der Waals surface area contributed by atoms with Crippen molar-refractivity contribution in [3.8, 4) is 0 Å². The Bertz CT molecular complexity index is 535. The van der Waals surface area contributed by atoms with Crippen molar-refractivity contribution in [1.82, 2.24) is 9.97 Å². The first kappa shape index (κ1) is 11.3. The minimum Gasteiger partial charge on any atom is -0.321 e. The molecule has 0 unspecified atom stereocenters. The summed E-state index contributed by atoms with van der Waals surface area (Å²) in [6.07, 6.45) is 3.05. The van der Waals surface area contributed by atoms with Gasteiger partial charge in [-0.3, -0.25) is 9.78 Å². The Morgan fingerprint density at radius 1 is 1.18 bits per heavy atom. The van der Waals surface area contributed by atoms with Gasteiger partial charge in [-0.15, -0.1) is 0 Å². The van der Waals surface area contributed by atoms with E-state index < -0.39 is 0 Å². The molecule has 17 heavy (non-hydrogen) atoms. The lowest BCUT2D eigenvalue weighted by atomic mass is 10.2. The van der Waals surface area contributed by atoms with Crippen LogP contribution in [0.2, 0.25) is 0 Å². The summed E-state index contributed by atoms with van der Waals surface area (Å²) in [5, 5.41) is 2.78. The maximum atomic E-state index is 11.8. The number of carbonyl (C=O) groups is 1. The first-order valence-electron chi connectivity index (χ1n) is 5.32. The van der Waals surface area contributed by atoms with E-state index >= 15 is 0 Å². The summed E-state index contributed by atoms with van der Waals surface area (Å²) < 4.78 is 0. The second-order valence-corrected chi connectivity index (χ2v) is 3.87. The Kier molecular flexibility index (Phi) is 3.14. The quantitative estimate of drug-likeness (QED) is 0.856. The maximum Gasteiger partial charge on any atom is 0.275 e. The van der Waals surface area contributed by atoms with Crippen LogP contribution in [0.1, 0.15) is 21.7 Å². The molecule has 0 spiro atoms. The van der Waals surface area contributed by atoms with Crippen LogP contribution in [-0.2, 0) is 0 Å². The summed E-state index contributed by atoms with van der Waals surface area (Å²) in [4.78, 5) is 19.9. The highest BCUT2D eigenvalue weighted by molar-refractivity contribution is 6.02. The summed E-state index contributed by atoms with van der Waals surface area (Å²) >= 11 is 0. The summed E-state index contributed by atoms with van der Waals surface area (Å²) in [6, 6.07) is 7.61. The number of nitrogens with zero attached hydrogens (tertiary/aromatic N) is 2. The second kappa shape index (κ2) is 4.74. The van der Waals surface area contributed by atoms with Crippen LogP contribution in [-0.4, -0.2) is 15.9 Å². The molecule has 1 amide bonds. The largest absolute Gasteiger partial charge is 0.321 e. The number of nitrogens with one attached hydrogen (secondary N) is 1. The number of aromatic nitrogens is 2. The minimum absolute atomic E-state index is 0.247. The van der Waals surface area contributed by atoms with E-state index in [1.54, 1.807) is 6.20 Å². The fourth-order valence-electron chi connectivity index (χ4n) is 1.43. The molecule has 0 radical (unpaired) electrons. The molecule has 0 bridgehead atoms. The number of hydrogen-bond donors (Lipinski definition) is 1. The van der Waals surface area contributed by atoms with Gasteiger partial charge in [-0.25, -0.2) is 4.98 Å². The molecule has 4 nitrogen and oxygen atoms in total. The SMILES string of the molecule is Cc1cccc(NC(=O)c2cnc(C)cn2)c1. The zero-order valence-corrected chi connectivity index (χ0v) is 9.77. The van der Waals surface area contributed by atoms with Gasteiger partial charge in [-0.2, -0.15) is 0 Å².